The molecule has 0 saturated heterocycles. The average molecular weight is 576 g/mol. The van der Waals surface area contributed by atoms with Crippen LogP contribution in [0.4, 0.5) is 5.69 Å². The highest BCUT2D eigenvalue weighted by Gasteiger charge is 2.24. The van der Waals surface area contributed by atoms with E-state index < -0.39 is 53.2 Å². The predicted molar refractivity (Wildman–Crippen MR) is 141 cm³/mol. The van der Waals surface area contributed by atoms with E-state index in [2.05, 4.69) is 26.1 Å². The zero-order valence-electron chi connectivity index (χ0n) is 20.7. The Labute approximate surface area is 230 Å². The fourth-order valence-corrected chi connectivity index (χ4v) is 3.95. The van der Waals surface area contributed by atoms with E-state index in [0.717, 1.165) is 11.8 Å². The van der Waals surface area contributed by atoms with Gasteiger partial charge in [-0.15, -0.1) is 11.8 Å². The quantitative estimate of drug-likeness (QED) is 0.0694. The number of rotatable bonds is 15. The number of hydrogen-bond acceptors (Lipinski definition) is 11. The van der Waals surface area contributed by atoms with Crippen LogP contribution in [-0.2, 0) is 19.2 Å². The Kier molecular flexibility index (Phi) is 12.1. The molecule has 16 nitrogen and oxygen atoms in total. The number of nitro groups is 1. The number of nitrogens with one attached hydrogen (secondary N) is 3. The van der Waals surface area contributed by atoms with Crippen molar-refractivity contribution in [2.75, 3.05) is 12.3 Å². The van der Waals surface area contributed by atoms with E-state index >= 15 is 0 Å². The molecule has 2 aromatic rings. The molecule has 3 amide bonds. The molecule has 0 radical (unpaired) electrons. The summed E-state index contributed by atoms with van der Waals surface area (Å²) in [6, 6.07) is 4.53. The van der Waals surface area contributed by atoms with Crippen molar-refractivity contribution in [3.8, 4) is 0 Å². The van der Waals surface area contributed by atoms with Crippen LogP contribution < -0.4 is 21.8 Å². The maximum Gasteiger partial charge on any atom is 0.322 e. The number of aromatic nitrogens is 1. The highest BCUT2D eigenvalue weighted by Crippen LogP contribution is 2.30. The molecule has 0 aliphatic rings. The average Bonchev–Trinajstić information content (AvgIpc) is 2.93. The largest absolute Gasteiger partial charge is 0.480 e. The van der Waals surface area contributed by atoms with Gasteiger partial charge < -0.3 is 26.6 Å². The third-order valence-electron chi connectivity index (χ3n) is 4.95. The second kappa shape index (κ2) is 15.5. The van der Waals surface area contributed by atoms with Gasteiger partial charge in [0.25, 0.3) is 11.6 Å². The summed E-state index contributed by atoms with van der Waals surface area (Å²) in [6.07, 6.45) is 3.49. The number of aliphatic carboxylic acids is 2. The lowest BCUT2D eigenvalue weighted by Crippen LogP contribution is -2.49. The minimum absolute atomic E-state index is 0.125. The van der Waals surface area contributed by atoms with Crippen molar-refractivity contribution in [2.24, 2.45) is 10.8 Å². The van der Waals surface area contributed by atoms with Crippen molar-refractivity contribution < 1.29 is 39.1 Å². The summed E-state index contributed by atoms with van der Waals surface area (Å²) in [4.78, 5) is 73.4. The normalized spacial score (nSPS) is 12.2. The van der Waals surface area contributed by atoms with E-state index in [4.69, 9.17) is 15.9 Å². The Bertz CT molecular complexity index is 1290. The van der Waals surface area contributed by atoms with Gasteiger partial charge in [-0.1, -0.05) is 6.07 Å². The van der Waals surface area contributed by atoms with Gasteiger partial charge in [-0.2, -0.15) is 5.10 Å². The van der Waals surface area contributed by atoms with Crippen molar-refractivity contribution >= 4 is 53.3 Å². The number of carboxylic acid groups (broad SMARTS) is 2. The topological polar surface area (TPSA) is 256 Å². The second-order valence-corrected chi connectivity index (χ2v) is 9.01. The summed E-state index contributed by atoms with van der Waals surface area (Å²) in [6.45, 7) is -0.731. The summed E-state index contributed by atoms with van der Waals surface area (Å²) in [5.74, 6) is -4.98. The van der Waals surface area contributed by atoms with E-state index in [1.807, 2.05) is 0 Å². The number of thioether (sulfide) groups is 1. The van der Waals surface area contributed by atoms with Crippen LogP contribution in [0.2, 0.25) is 0 Å². The van der Waals surface area contributed by atoms with Gasteiger partial charge in [-0.25, -0.2) is 5.43 Å². The Morgan fingerprint density at radius 1 is 1.20 bits per heavy atom. The van der Waals surface area contributed by atoms with E-state index in [0.29, 0.717) is 0 Å². The molecule has 212 valence electrons. The van der Waals surface area contributed by atoms with Crippen molar-refractivity contribution in [3.05, 3.63) is 64.0 Å². The molecule has 2 rings (SSSR count). The van der Waals surface area contributed by atoms with Crippen molar-refractivity contribution in [2.45, 2.75) is 29.8 Å². The van der Waals surface area contributed by atoms with Gasteiger partial charge in [0.05, 0.1) is 21.6 Å². The van der Waals surface area contributed by atoms with Crippen LogP contribution >= 0.6 is 11.8 Å². The number of nitro benzene ring substituents is 1. The van der Waals surface area contributed by atoms with Crippen LogP contribution in [-0.4, -0.2) is 80.4 Å². The molecule has 0 unspecified atom stereocenters. The molecule has 2 atom stereocenters. The van der Waals surface area contributed by atoms with E-state index in [-0.39, 0.29) is 40.3 Å². The molecule has 0 aliphatic carbocycles. The third-order valence-corrected chi connectivity index (χ3v) is 6.11. The summed E-state index contributed by atoms with van der Waals surface area (Å²) in [7, 11) is 0. The molecule has 7 N–H and O–H groups in total. The lowest BCUT2D eigenvalue weighted by atomic mass is 10.1. The molecule has 0 saturated carbocycles. The Balaban J connectivity index is 2.11. The van der Waals surface area contributed by atoms with E-state index in [1.54, 1.807) is 6.07 Å². The Hall–Kier alpha value is -4.90. The van der Waals surface area contributed by atoms with Crippen molar-refractivity contribution in [1.82, 2.24) is 21.0 Å². The first-order valence-electron chi connectivity index (χ1n) is 11.4. The number of nitrogens with two attached hydrogens (primary N) is 1. The molecular formula is C23H25N7O9S. The lowest BCUT2D eigenvalue weighted by Gasteiger charge is -2.18. The fourth-order valence-electron chi connectivity index (χ4n) is 2.93. The standard InChI is InChI=1S/C23H25N7O9S/c24-15(23(36)37)4-6-19(31)28-16(22(35)26-11-20(32)33)12-40-18-5-3-13(8-17(18)30(38)39)9-27-29-21(34)14-2-1-7-25-10-14/h1-3,5,7-10,15-16H,4,6,11-12,24H2,(H,26,35)(H,28,31)(H,29,34)(H,32,33)(H,36,37)/b27-9+/t15-,16-/m0/s1. The van der Waals surface area contributed by atoms with Crippen LogP contribution in [0, 0.1) is 10.1 Å². The van der Waals surface area contributed by atoms with Gasteiger partial charge in [0, 0.05) is 36.2 Å². The molecule has 1 aromatic carbocycles. The first kappa shape index (κ1) is 31.3. The maximum absolute atomic E-state index is 12.5. The van der Waals surface area contributed by atoms with Gasteiger partial charge in [0.15, 0.2) is 0 Å². The maximum atomic E-state index is 12.5. The smallest absolute Gasteiger partial charge is 0.322 e. The molecule has 0 fully saturated rings. The molecule has 0 spiro atoms. The van der Waals surface area contributed by atoms with Crippen LogP contribution in [0.15, 0.2) is 52.7 Å². The number of hydrogen-bond donors (Lipinski definition) is 6. The van der Waals surface area contributed by atoms with Crippen LogP contribution in [0.5, 0.6) is 0 Å². The van der Waals surface area contributed by atoms with Gasteiger partial charge in [-0.3, -0.25) is 39.1 Å². The minimum atomic E-state index is -1.33. The first-order chi connectivity index (χ1) is 19.0. The molecule has 0 aliphatic heterocycles. The molecular weight excluding hydrogens is 550 g/mol. The summed E-state index contributed by atoms with van der Waals surface area (Å²) >= 11 is 0.847. The van der Waals surface area contributed by atoms with Gasteiger partial charge in [-0.05, 0) is 24.6 Å². The number of carbonyl (C=O) groups is 5. The monoisotopic (exact) mass is 575 g/mol. The minimum Gasteiger partial charge on any atom is -0.480 e. The molecule has 40 heavy (non-hydrogen) atoms. The second-order valence-electron chi connectivity index (χ2n) is 7.95. The summed E-state index contributed by atoms with van der Waals surface area (Å²) in [5, 5.41) is 37.6. The molecule has 1 aromatic heterocycles. The number of amides is 3. The van der Waals surface area contributed by atoms with Gasteiger partial charge >= 0.3 is 11.9 Å². The summed E-state index contributed by atoms with van der Waals surface area (Å²) < 4.78 is 0. The SMILES string of the molecule is N[C@@H](CCC(=O)N[C@@H](CSc1ccc(/C=N/NC(=O)c2cccnc2)cc1[N+](=O)[O-])C(=O)NCC(=O)O)C(=O)O. The summed E-state index contributed by atoms with van der Waals surface area (Å²) in [5.41, 5.74) is 7.84. The van der Waals surface area contributed by atoms with E-state index in [1.165, 1.54) is 42.9 Å². The van der Waals surface area contributed by atoms with Crippen LogP contribution in [0.25, 0.3) is 0 Å². The lowest BCUT2D eigenvalue weighted by molar-refractivity contribution is -0.387. The van der Waals surface area contributed by atoms with Crippen molar-refractivity contribution in [3.63, 3.8) is 0 Å². The number of nitrogens with zero attached hydrogens (tertiary/aromatic N) is 3. The number of pyridine rings is 1. The first-order valence-corrected chi connectivity index (χ1v) is 12.4. The predicted octanol–water partition coefficient (Wildman–Crippen LogP) is -0.276. The number of carbonyl (C=O) groups excluding carboxylic acids is 3. The third kappa shape index (κ3) is 10.5. The van der Waals surface area contributed by atoms with Crippen LogP contribution in [0.3, 0.4) is 0 Å². The zero-order valence-corrected chi connectivity index (χ0v) is 21.5. The molecule has 0 bridgehead atoms. The van der Waals surface area contributed by atoms with E-state index in [9.17, 15) is 34.1 Å². The highest BCUT2D eigenvalue weighted by molar-refractivity contribution is 7.99. The van der Waals surface area contributed by atoms with Gasteiger partial charge in [0.2, 0.25) is 11.8 Å². The van der Waals surface area contributed by atoms with Crippen LogP contribution in [0.1, 0.15) is 28.8 Å². The zero-order chi connectivity index (χ0) is 29.7. The Morgan fingerprint density at radius 2 is 1.95 bits per heavy atom. The number of carboxylic acids is 2. The molecule has 17 heteroatoms. The van der Waals surface area contributed by atoms with Gasteiger partial charge in [0.1, 0.15) is 18.6 Å². The fraction of sp³-hybridized carbons (Fsp3) is 0.261. The Morgan fingerprint density at radius 3 is 2.58 bits per heavy atom. The number of hydrazone groups is 1. The van der Waals surface area contributed by atoms with Crippen molar-refractivity contribution in [1.29, 1.82) is 0 Å². The highest BCUT2D eigenvalue weighted by atomic mass is 32.2. The molecule has 1 heterocycles. The number of benzene rings is 1.